The van der Waals surface area contributed by atoms with E-state index in [-0.39, 0.29) is 23.4 Å². The van der Waals surface area contributed by atoms with Gasteiger partial charge in [0.2, 0.25) is 0 Å². The largest absolute Gasteiger partial charge is 0.505 e. The molecular formula is C17H19N3O2. The van der Waals surface area contributed by atoms with Crippen molar-refractivity contribution in [3.63, 3.8) is 0 Å². The number of amides is 1. The molecule has 5 nitrogen and oxygen atoms in total. The number of hydrogen-bond acceptors (Lipinski definition) is 4. The lowest BCUT2D eigenvalue weighted by Gasteiger charge is -2.34. The molecule has 0 aromatic carbocycles. The minimum absolute atomic E-state index is 0.0520. The van der Waals surface area contributed by atoms with Gasteiger partial charge in [-0.05, 0) is 49.9 Å². The highest BCUT2D eigenvalue weighted by Crippen LogP contribution is 2.33. The number of aryl methyl sites for hydroxylation is 1. The number of rotatable bonds is 3. The third-order valence-electron chi connectivity index (χ3n) is 4.13. The highest BCUT2D eigenvalue weighted by atomic mass is 16.3. The molecule has 5 heteroatoms. The van der Waals surface area contributed by atoms with Crippen LogP contribution in [-0.4, -0.2) is 32.4 Å². The van der Waals surface area contributed by atoms with Crippen LogP contribution in [0.25, 0.3) is 0 Å². The summed E-state index contributed by atoms with van der Waals surface area (Å²) in [6.07, 6.45) is 6.21. The van der Waals surface area contributed by atoms with Gasteiger partial charge >= 0.3 is 0 Å². The van der Waals surface area contributed by atoms with Crippen molar-refractivity contribution in [2.24, 2.45) is 0 Å². The number of pyridine rings is 2. The Kier molecular flexibility index (Phi) is 4.04. The molecule has 1 N–H and O–H groups in total. The van der Waals surface area contributed by atoms with Crippen molar-refractivity contribution in [2.75, 3.05) is 6.54 Å². The Balaban J connectivity index is 1.96. The summed E-state index contributed by atoms with van der Waals surface area (Å²) in [5.41, 5.74) is 2.28. The van der Waals surface area contributed by atoms with E-state index >= 15 is 0 Å². The van der Waals surface area contributed by atoms with Crippen molar-refractivity contribution in [3.05, 3.63) is 53.6 Å². The number of aromatic nitrogens is 2. The molecule has 0 radical (unpaired) electrons. The number of aromatic hydroxyl groups is 1. The number of hydrogen-bond donors (Lipinski definition) is 1. The van der Waals surface area contributed by atoms with Crippen LogP contribution < -0.4 is 0 Å². The molecule has 0 spiro atoms. The quantitative estimate of drug-likeness (QED) is 0.946. The Bertz CT molecular complexity index is 687. The second kappa shape index (κ2) is 6.13. The lowest BCUT2D eigenvalue weighted by atomic mass is 9.90. The van der Waals surface area contributed by atoms with Crippen molar-refractivity contribution in [1.29, 1.82) is 0 Å². The van der Waals surface area contributed by atoms with Crippen molar-refractivity contribution in [2.45, 2.75) is 32.2 Å². The molecule has 1 aliphatic rings. The predicted molar refractivity (Wildman–Crippen MR) is 82.5 cm³/mol. The second-order valence-corrected chi connectivity index (χ2v) is 5.42. The van der Waals surface area contributed by atoms with Crippen LogP contribution in [0.2, 0.25) is 0 Å². The van der Waals surface area contributed by atoms with E-state index in [2.05, 4.69) is 16.0 Å². The summed E-state index contributed by atoms with van der Waals surface area (Å²) in [5, 5.41) is 9.89. The van der Waals surface area contributed by atoms with Gasteiger partial charge in [0.1, 0.15) is 5.75 Å². The molecular weight excluding hydrogens is 278 g/mol. The van der Waals surface area contributed by atoms with Crippen LogP contribution in [0.1, 0.15) is 47.6 Å². The fourth-order valence-electron chi connectivity index (χ4n) is 3.09. The van der Waals surface area contributed by atoms with Crippen LogP contribution in [-0.2, 0) is 6.42 Å². The highest BCUT2D eigenvalue weighted by Gasteiger charge is 2.31. The maximum Gasteiger partial charge on any atom is 0.276 e. The average Bonchev–Trinajstić information content (AvgIpc) is 2.56. The van der Waals surface area contributed by atoms with Gasteiger partial charge in [0.05, 0.1) is 11.7 Å². The summed E-state index contributed by atoms with van der Waals surface area (Å²) in [6, 6.07) is 7.06. The van der Waals surface area contributed by atoms with Gasteiger partial charge in [-0.3, -0.25) is 9.78 Å². The van der Waals surface area contributed by atoms with Crippen LogP contribution in [0, 0.1) is 0 Å². The van der Waals surface area contributed by atoms with Gasteiger partial charge in [-0.2, -0.15) is 0 Å². The molecule has 0 aliphatic heterocycles. The molecule has 3 rings (SSSR count). The topological polar surface area (TPSA) is 66.3 Å². The fraction of sp³-hybridized carbons (Fsp3) is 0.353. The fourth-order valence-corrected chi connectivity index (χ4v) is 3.09. The van der Waals surface area contributed by atoms with Crippen LogP contribution in [0.3, 0.4) is 0 Å². The van der Waals surface area contributed by atoms with Crippen molar-refractivity contribution >= 4 is 5.91 Å². The normalized spacial score (nSPS) is 16.9. The molecule has 0 saturated heterocycles. The van der Waals surface area contributed by atoms with Crippen molar-refractivity contribution in [3.8, 4) is 5.75 Å². The number of nitrogens with zero attached hydrogens (tertiary/aromatic N) is 3. The first-order valence-corrected chi connectivity index (χ1v) is 7.61. The van der Waals surface area contributed by atoms with Gasteiger partial charge in [0.25, 0.3) is 5.91 Å². The SMILES string of the molecule is CCN(C(=O)c1ncccc1O)[C@@H]1CCCc2cccnc21. The van der Waals surface area contributed by atoms with Gasteiger partial charge in [0.15, 0.2) is 5.69 Å². The molecule has 0 unspecified atom stereocenters. The lowest BCUT2D eigenvalue weighted by Crippen LogP contribution is -2.37. The lowest BCUT2D eigenvalue weighted by molar-refractivity contribution is 0.0655. The van der Waals surface area contributed by atoms with Crippen molar-refractivity contribution in [1.82, 2.24) is 14.9 Å². The van der Waals surface area contributed by atoms with Crippen molar-refractivity contribution < 1.29 is 9.90 Å². The zero-order valence-corrected chi connectivity index (χ0v) is 12.6. The molecule has 0 saturated carbocycles. The third-order valence-corrected chi connectivity index (χ3v) is 4.13. The molecule has 1 aliphatic carbocycles. The van der Waals surface area contributed by atoms with Gasteiger partial charge in [-0.1, -0.05) is 6.07 Å². The summed E-state index contributed by atoms with van der Waals surface area (Å²) in [4.78, 5) is 23.1. The Labute approximate surface area is 129 Å². The van der Waals surface area contributed by atoms with E-state index in [1.807, 2.05) is 13.0 Å². The van der Waals surface area contributed by atoms with Gasteiger partial charge in [-0.25, -0.2) is 4.98 Å². The summed E-state index contributed by atoms with van der Waals surface area (Å²) in [6.45, 7) is 2.49. The Hall–Kier alpha value is -2.43. The maximum atomic E-state index is 12.8. The van der Waals surface area contributed by atoms with Crippen LogP contribution >= 0.6 is 0 Å². The molecule has 1 amide bonds. The second-order valence-electron chi connectivity index (χ2n) is 5.42. The van der Waals surface area contributed by atoms with Gasteiger partial charge in [0, 0.05) is 18.9 Å². The van der Waals surface area contributed by atoms with Crippen LogP contribution in [0.5, 0.6) is 5.75 Å². The highest BCUT2D eigenvalue weighted by molar-refractivity contribution is 5.95. The smallest absolute Gasteiger partial charge is 0.276 e. The zero-order valence-electron chi connectivity index (χ0n) is 12.6. The first kappa shape index (κ1) is 14.5. The monoisotopic (exact) mass is 297 g/mol. The van der Waals surface area contributed by atoms with Gasteiger partial charge < -0.3 is 10.0 Å². The first-order chi connectivity index (χ1) is 10.7. The summed E-state index contributed by atoms with van der Waals surface area (Å²) in [5.74, 6) is -0.327. The van der Waals surface area contributed by atoms with E-state index in [0.29, 0.717) is 6.54 Å². The van der Waals surface area contributed by atoms with E-state index in [9.17, 15) is 9.90 Å². The third kappa shape index (κ3) is 2.54. The van der Waals surface area contributed by atoms with E-state index in [1.165, 1.54) is 17.8 Å². The van der Waals surface area contributed by atoms with E-state index in [4.69, 9.17) is 0 Å². The molecule has 114 valence electrons. The molecule has 2 aromatic heterocycles. The minimum Gasteiger partial charge on any atom is -0.505 e. The first-order valence-electron chi connectivity index (χ1n) is 7.61. The van der Waals surface area contributed by atoms with Crippen LogP contribution in [0.4, 0.5) is 0 Å². The molecule has 2 heterocycles. The Morgan fingerprint density at radius 3 is 2.86 bits per heavy atom. The molecule has 1 atom stereocenters. The van der Waals surface area contributed by atoms with E-state index < -0.39 is 0 Å². The Morgan fingerprint density at radius 1 is 1.32 bits per heavy atom. The van der Waals surface area contributed by atoms with E-state index in [1.54, 1.807) is 17.2 Å². The molecule has 2 aromatic rings. The molecule has 0 bridgehead atoms. The molecule has 0 fully saturated rings. The van der Waals surface area contributed by atoms with Crippen LogP contribution in [0.15, 0.2) is 36.7 Å². The standard InChI is InChI=1S/C17H19N3O2/c1-2-20(17(22)16-14(21)9-5-11-19-16)13-8-3-6-12-7-4-10-18-15(12)13/h4-5,7,9-11,13,21H,2-3,6,8H2,1H3/t13-/m1/s1. The summed E-state index contributed by atoms with van der Waals surface area (Å²) >= 11 is 0. The van der Waals surface area contributed by atoms with E-state index in [0.717, 1.165) is 25.0 Å². The molecule has 22 heavy (non-hydrogen) atoms. The minimum atomic E-state index is -0.246. The Morgan fingerprint density at radius 2 is 2.09 bits per heavy atom. The summed E-state index contributed by atoms with van der Waals surface area (Å²) in [7, 11) is 0. The van der Waals surface area contributed by atoms with Gasteiger partial charge in [-0.15, -0.1) is 0 Å². The average molecular weight is 297 g/mol. The maximum absolute atomic E-state index is 12.8. The predicted octanol–water partition coefficient (Wildman–Crippen LogP) is 2.72. The summed E-state index contributed by atoms with van der Waals surface area (Å²) < 4.78 is 0. The number of carbonyl (C=O) groups is 1. The zero-order chi connectivity index (χ0) is 15.5. The number of fused-ring (bicyclic) bond motifs is 1. The number of carbonyl (C=O) groups excluding carboxylic acids is 1.